The Kier molecular flexibility index (Phi) is 5.79. The summed E-state index contributed by atoms with van der Waals surface area (Å²) < 4.78 is 10.5. The maximum absolute atomic E-state index is 11.5. The monoisotopic (exact) mass is 366 g/mol. The van der Waals surface area contributed by atoms with Crippen LogP contribution in [0.25, 0.3) is 0 Å². The minimum Gasteiger partial charge on any atom is -0.482 e. The maximum Gasteiger partial charge on any atom is 0.344 e. The summed E-state index contributed by atoms with van der Waals surface area (Å²) in [5.41, 5.74) is 6.67. The van der Waals surface area contributed by atoms with Crippen molar-refractivity contribution < 1.29 is 14.3 Å². The molecule has 142 valence electrons. The van der Waals surface area contributed by atoms with Crippen LogP contribution in [0.2, 0.25) is 0 Å². The third-order valence-electron chi connectivity index (χ3n) is 4.57. The summed E-state index contributed by atoms with van der Waals surface area (Å²) in [4.78, 5) is 16.3. The molecule has 2 aliphatic rings. The number of hydrogen-bond donors (Lipinski definition) is 1. The molecule has 5 nitrogen and oxygen atoms in total. The first-order valence-corrected chi connectivity index (χ1v) is 9.36. The number of esters is 1. The molecule has 3 rings (SSSR count). The van der Waals surface area contributed by atoms with E-state index >= 15 is 0 Å². The van der Waals surface area contributed by atoms with E-state index in [0.717, 1.165) is 41.1 Å². The minimum atomic E-state index is -0.364. The van der Waals surface area contributed by atoms with Crippen LogP contribution in [0, 0.1) is 13.8 Å². The van der Waals surface area contributed by atoms with Gasteiger partial charge in [0.25, 0.3) is 0 Å². The van der Waals surface area contributed by atoms with E-state index in [9.17, 15) is 4.79 Å². The number of nitrogens with zero attached hydrogens (tertiary/aromatic N) is 1. The molecule has 2 bridgehead atoms. The number of hydrogen-bond acceptors (Lipinski definition) is 5. The normalized spacial score (nSPS) is 15.6. The minimum absolute atomic E-state index is 0.0868. The number of fused-ring (bicyclic) bond motifs is 2. The average molecular weight is 366 g/mol. The Morgan fingerprint density at radius 3 is 2.59 bits per heavy atom. The predicted octanol–water partition coefficient (Wildman–Crippen LogP) is 4.10. The van der Waals surface area contributed by atoms with Crippen molar-refractivity contribution in [2.75, 3.05) is 13.2 Å². The number of nitrogens with one attached hydrogen (secondary N) is 1. The van der Waals surface area contributed by atoms with Gasteiger partial charge in [-0.25, -0.2) is 9.79 Å². The molecule has 1 aromatic carbocycles. The summed E-state index contributed by atoms with van der Waals surface area (Å²) in [6.07, 6.45) is 8.27. The molecule has 1 aliphatic heterocycles. The zero-order chi connectivity index (χ0) is 19.4. The second kappa shape index (κ2) is 8.25. The Balaban J connectivity index is 1.84. The summed E-state index contributed by atoms with van der Waals surface area (Å²) in [5.74, 6) is 1.15. The Morgan fingerprint density at radius 1 is 1.19 bits per heavy atom. The van der Waals surface area contributed by atoms with Gasteiger partial charge in [0, 0.05) is 23.4 Å². The van der Waals surface area contributed by atoms with E-state index in [-0.39, 0.29) is 12.6 Å². The van der Waals surface area contributed by atoms with Crippen molar-refractivity contribution in [2.45, 2.75) is 40.5 Å². The number of aryl methyl sites for hydroxylation is 2. The number of amidine groups is 1. The Hall–Kier alpha value is -2.82. The van der Waals surface area contributed by atoms with E-state index in [4.69, 9.17) is 14.5 Å². The molecule has 0 radical (unpaired) electrons. The van der Waals surface area contributed by atoms with E-state index in [0.29, 0.717) is 12.4 Å². The first-order chi connectivity index (χ1) is 13.0. The van der Waals surface area contributed by atoms with Crippen LogP contribution in [0.4, 0.5) is 0 Å². The lowest BCUT2D eigenvalue weighted by Crippen LogP contribution is -2.29. The molecule has 0 spiro atoms. The van der Waals surface area contributed by atoms with Crippen LogP contribution in [-0.2, 0) is 9.53 Å². The van der Waals surface area contributed by atoms with Gasteiger partial charge in [-0.3, -0.25) is 0 Å². The van der Waals surface area contributed by atoms with Gasteiger partial charge in [-0.05, 0) is 68.2 Å². The summed E-state index contributed by atoms with van der Waals surface area (Å²) in [7, 11) is 0. The van der Waals surface area contributed by atoms with Crippen LogP contribution in [-0.4, -0.2) is 25.0 Å². The zero-order valence-electron chi connectivity index (χ0n) is 16.4. The van der Waals surface area contributed by atoms with E-state index in [1.807, 2.05) is 26.0 Å². The molecule has 5 heteroatoms. The summed E-state index contributed by atoms with van der Waals surface area (Å²) >= 11 is 0. The third kappa shape index (κ3) is 4.48. The standard InChI is InChI=1S/C22H26N2O3/c1-5-16-7-8-17-12-18(11-16)24-22(23-17)21-14(3)9-19(10-15(21)4)27-13-20(25)26-6-2/h7-11H,5-6,12-13H2,1-4H3,(H,23,24). The molecule has 0 saturated carbocycles. The maximum atomic E-state index is 11.5. The molecule has 0 atom stereocenters. The lowest BCUT2D eigenvalue weighted by Gasteiger charge is -2.22. The van der Waals surface area contributed by atoms with Gasteiger partial charge in [0.05, 0.1) is 6.61 Å². The fourth-order valence-electron chi connectivity index (χ4n) is 3.32. The second-order valence-corrected chi connectivity index (χ2v) is 6.71. The first-order valence-electron chi connectivity index (χ1n) is 9.36. The number of carbonyl (C=O) groups is 1. The number of allylic oxidation sites excluding steroid dienone is 4. The zero-order valence-corrected chi connectivity index (χ0v) is 16.4. The first kappa shape index (κ1) is 19.0. The number of ether oxygens (including phenoxy) is 2. The molecule has 0 aromatic heterocycles. The van der Waals surface area contributed by atoms with E-state index in [1.54, 1.807) is 6.92 Å². The Labute approximate surface area is 160 Å². The van der Waals surface area contributed by atoms with Gasteiger partial charge in [0.15, 0.2) is 6.61 Å². The van der Waals surface area contributed by atoms with Crippen molar-refractivity contribution in [2.24, 2.45) is 4.99 Å². The molecule has 1 aliphatic carbocycles. The molecule has 1 aromatic rings. The molecule has 0 amide bonds. The summed E-state index contributed by atoms with van der Waals surface area (Å²) in [6.45, 7) is 8.25. The SMILES string of the molecule is CCOC(=O)COc1cc(C)c(C2=NC3=CC=C(CC)C=C(C3)N2)c(C)c1. The predicted molar refractivity (Wildman–Crippen MR) is 107 cm³/mol. The van der Waals surface area contributed by atoms with E-state index in [1.165, 1.54) is 11.3 Å². The number of carbonyl (C=O) groups excluding carboxylic acids is 1. The molecular formula is C22H26N2O3. The summed E-state index contributed by atoms with van der Waals surface area (Å²) in [6, 6.07) is 3.87. The van der Waals surface area contributed by atoms with Crippen LogP contribution >= 0.6 is 0 Å². The van der Waals surface area contributed by atoms with Crippen LogP contribution in [0.5, 0.6) is 5.75 Å². The molecule has 1 N–H and O–H groups in total. The van der Waals surface area contributed by atoms with Crippen molar-refractivity contribution in [1.82, 2.24) is 5.32 Å². The molecular weight excluding hydrogens is 340 g/mol. The number of rotatable bonds is 6. The van der Waals surface area contributed by atoms with Crippen LogP contribution in [0.3, 0.4) is 0 Å². The highest BCUT2D eigenvalue weighted by molar-refractivity contribution is 6.03. The van der Waals surface area contributed by atoms with Crippen molar-refractivity contribution in [3.05, 3.63) is 64.0 Å². The van der Waals surface area contributed by atoms with Crippen LogP contribution in [0.1, 0.15) is 43.4 Å². The third-order valence-corrected chi connectivity index (χ3v) is 4.57. The van der Waals surface area contributed by atoms with Crippen molar-refractivity contribution in [3.8, 4) is 5.75 Å². The molecule has 27 heavy (non-hydrogen) atoms. The van der Waals surface area contributed by atoms with Crippen LogP contribution in [0.15, 0.2) is 52.3 Å². The summed E-state index contributed by atoms with van der Waals surface area (Å²) in [5, 5.41) is 3.49. The van der Waals surface area contributed by atoms with Gasteiger partial charge in [-0.2, -0.15) is 0 Å². The Morgan fingerprint density at radius 2 is 1.93 bits per heavy atom. The molecule has 0 unspecified atom stereocenters. The fourth-order valence-corrected chi connectivity index (χ4v) is 3.32. The molecule has 0 fully saturated rings. The molecule has 0 saturated heterocycles. The fraction of sp³-hybridized carbons (Fsp3) is 0.364. The van der Waals surface area contributed by atoms with Gasteiger partial charge in [-0.1, -0.05) is 13.0 Å². The van der Waals surface area contributed by atoms with E-state index in [2.05, 4.69) is 30.5 Å². The lowest BCUT2D eigenvalue weighted by molar-refractivity contribution is -0.145. The van der Waals surface area contributed by atoms with Crippen molar-refractivity contribution in [3.63, 3.8) is 0 Å². The van der Waals surface area contributed by atoms with Gasteiger partial charge >= 0.3 is 5.97 Å². The van der Waals surface area contributed by atoms with Crippen molar-refractivity contribution >= 4 is 11.8 Å². The Bertz CT molecular complexity index is 853. The highest BCUT2D eigenvalue weighted by atomic mass is 16.6. The topological polar surface area (TPSA) is 59.9 Å². The van der Waals surface area contributed by atoms with Gasteiger partial charge < -0.3 is 14.8 Å². The molecule has 1 heterocycles. The lowest BCUT2D eigenvalue weighted by atomic mass is 9.99. The smallest absolute Gasteiger partial charge is 0.344 e. The van der Waals surface area contributed by atoms with Crippen LogP contribution < -0.4 is 10.1 Å². The highest BCUT2D eigenvalue weighted by Gasteiger charge is 2.20. The largest absolute Gasteiger partial charge is 0.482 e. The average Bonchev–Trinajstić information content (AvgIpc) is 2.77. The quantitative estimate of drug-likeness (QED) is 0.770. The number of benzene rings is 1. The van der Waals surface area contributed by atoms with Gasteiger partial charge in [-0.15, -0.1) is 0 Å². The number of aliphatic imine (C=N–C) groups is 1. The van der Waals surface area contributed by atoms with Crippen molar-refractivity contribution in [1.29, 1.82) is 0 Å². The highest BCUT2D eigenvalue weighted by Crippen LogP contribution is 2.28. The van der Waals surface area contributed by atoms with Gasteiger partial charge in [0.2, 0.25) is 0 Å². The second-order valence-electron chi connectivity index (χ2n) is 6.71. The van der Waals surface area contributed by atoms with E-state index < -0.39 is 0 Å². The van der Waals surface area contributed by atoms with Gasteiger partial charge in [0.1, 0.15) is 11.6 Å².